The minimum Gasteiger partial charge on any atom is -0.336 e. The van der Waals surface area contributed by atoms with Gasteiger partial charge in [0.1, 0.15) is 0 Å². The molecule has 0 saturated carbocycles. The molecule has 2 unspecified atom stereocenters. The number of nitrogens with one attached hydrogen (secondary N) is 2. The lowest BCUT2D eigenvalue weighted by Crippen LogP contribution is -2.54. The van der Waals surface area contributed by atoms with Crippen molar-refractivity contribution in [1.29, 1.82) is 0 Å². The number of benzene rings is 1. The maximum Gasteiger partial charge on any atom is 0.245 e. The molecule has 1 fully saturated rings. The Balaban J connectivity index is 1.88. The van der Waals surface area contributed by atoms with E-state index < -0.39 is 0 Å². The molecule has 1 aliphatic heterocycles. The second kappa shape index (κ2) is 5.77. The Morgan fingerprint density at radius 3 is 2.67 bits per heavy atom. The molecule has 0 bridgehead atoms. The molecule has 2 N–H and O–H groups in total. The summed E-state index contributed by atoms with van der Waals surface area (Å²) in [7, 11) is 0. The third-order valence-corrected chi connectivity index (χ3v) is 4.38. The second-order valence-electron chi connectivity index (χ2n) is 5.84. The number of aromatic nitrogens is 3. The van der Waals surface area contributed by atoms with Gasteiger partial charge in [0, 0.05) is 35.2 Å². The molecular formula is C15H20BrN5. The number of aryl methyl sites for hydroxylation is 1. The van der Waals surface area contributed by atoms with Crippen molar-refractivity contribution < 1.29 is 0 Å². The van der Waals surface area contributed by atoms with Crippen LogP contribution in [0.15, 0.2) is 22.7 Å². The SMILES string of the molecule is Cc1ccc(Br)c(-c2nc(N3CC(C)NC(C)C3)n[nH]2)c1. The molecule has 2 heterocycles. The number of aromatic amines is 1. The predicted molar refractivity (Wildman–Crippen MR) is 88.5 cm³/mol. The Morgan fingerprint density at radius 2 is 1.95 bits per heavy atom. The maximum absolute atomic E-state index is 4.68. The fourth-order valence-corrected chi connectivity index (χ4v) is 3.26. The normalized spacial score (nSPS) is 22.6. The number of hydrogen-bond acceptors (Lipinski definition) is 4. The van der Waals surface area contributed by atoms with E-state index >= 15 is 0 Å². The van der Waals surface area contributed by atoms with Gasteiger partial charge in [-0.05, 0) is 32.9 Å². The summed E-state index contributed by atoms with van der Waals surface area (Å²) in [4.78, 5) is 6.91. The lowest BCUT2D eigenvalue weighted by Gasteiger charge is -2.35. The van der Waals surface area contributed by atoms with Crippen LogP contribution < -0.4 is 10.2 Å². The third-order valence-electron chi connectivity index (χ3n) is 3.69. The van der Waals surface area contributed by atoms with Crippen LogP contribution >= 0.6 is 15.9 Å². The van der Waals surface area contributed by atoms with Crippen molar-refractivity contribution in [3.8, 4) is 11.4 Å². The average Bonchev–Trinajstić information content (AvgIpc) is 2.90. The molecule has 5 nitrogen and oxygen atoms in total. The van der Waals surface area contributed by atoms with Gasteiger partial charge >= 0.3 is 0 Å². The number of H-pyrrole nitrogens is 1. The van der Waals surface area contributed by atoms with Gasteiger partial charge in [0.2, 0.25) is 5.95 Å². The number of rotatable bonds is 2. The zero-order valence-electron chi connectivity index (χ0n) is 12.5. The van der Waals surface area contributed by atoms with E-state index in [4.69, 9.17) is 0 Å². The molecule has 1 aliphatic rings. The highest BCUT2D eigenvalue weighted by Crippen LogP contribution is 2.27. The topological polar surface area (TPSA) is 56.8 Å². The van der Waals surface area contributed by atoms with Crippen LogP contribution in [0.1, 0.15) is 19.4 Å². The Morgan fingerprint density at radius 1 is 1.24 bits per heavy atom. The van der Waals surface area contributed by atoms with Crippen molar-refractivity contribution in [3.63, 3.8) is 0 Å². The van der Waals surface area contributed by atoms with Crippen LogP contribution in [-0.4, -0.2) is 40.4 Å². The Bertz CT molecular complexity index is 629. The highest BCUT2D eigenvalue weighted by atomic mass is 79.9. The van der Waals surface area contributed by atoms with Crippen molar-refractivity contribution in [1.82, 2.24) is 20.5 Å². The van der Waals surface area contributed by atoms with Gasteiger partial charge in [0.25, 0.3) is 0 Å². The summed E-state index contributed by atoms with van der Waals surface area (Å²) < 4.78 is 1.03. The molecule has 0 radical (unpaired) electrons. The molecule has 1 saturated heterocycles. The first-order valence-corrected chi connectivity index (χ1v) is 8.02. The molecule has 1 aromatic carbocycles. The van der Waals surface area contributed by atoms with E-state index in [-0.39, 0.29) is 0 Å². The number of anilines is 1. The summed E-state index contributed by atoms with van der Waals surface area (Å²) in [5.74, 6) is 1.58. The van der Waals surface area contributed by atoms with Gasteiger partial charge in [0.15, 0.2) is 5.82 Å². The number of halogens is 1. The van der Waals surface area contributed by atoms with Crippen molar-refractivity contribution >= 4 is 21.9 Å². The molecule has 0 aliphatic carbocycles. The summed E-state index contributed by atoms with van der Waals surface area (Å²) in [6, 6.07) is 7.12. The van der Waals surface area contributed by atoms with Crippen molar-refractivity contribution in [2.24, 2.45) is 0 Å². The van der Waals surface area contributed by atoms with Crippen molar-refractivity contribution in [2.45, 2.75) is 32.9 Å². The minimum atomic E-state index is 0.446. The van der Waals surface area contributed by atoms with E-state index in [0.29, 0.717) is 12.1 Å². The summed E-state index contributed by atoms with van der Waals surface area (Å²) in [6.07, 6.45) is 0. The summed E-state index contributed by atoms with van der Waals surface area (Å²) in [6.45, 7) is 8.31. The second-order valence-corrected chi connectivity index (χ2v) is 6.70. The van der Waals surface area contributed by atoms with Gasteiger partial charge in [-0.2, -0.15) is 4.98 Å². The van der Waals surface area contributed by atoms with Crippen LogP contribution in [-0.2, 0) is 0 Å². The fourth-order valence-electron chi connectivity index (χ4n) is 2.83. The lowest BCUT2D eigenvalue weighted by molar-refractivity contribution is 0.403. The van der Waals surface area contributed by atoms with Gasteiger partial charge in [-0.3, -0.25) is 5.10 Å². The lowest BCUT2D eigenvalue weighted by atomic mass is 10.1. The highest BCUT2D eigenvalue weighted by molar-refractivity contribution is 9.10. The molecule has 112 valence electrons. The monoisotopic (exact) mass is 349 g/mol. The smallest absolute Gasteiger partial charge is 0.245 e. The summed E-state index contributed by atoms with van der Waals surface area (Å²) in [5.41, 5.74) is 2.25. The van der Waals surface area contributed by atoms with Crippen LogP contribution in [0.5, 0.6) is 0 Å². The van der Waals surface area contributed by atoms with Crippen LogP contribution in [0.25, 0.3) is 11.4 Å². The van der Waals surface area contributed by atoms with Gasteiger partial charge in [-0.15, -0.1) is 5.10 Å². The van der Waals surface area contributed by atoms with Crippen LogP contribution in [0.2, 0.25) is 0 Å². The predicted octanol–water partition coefficient (Wildman–Crippen LogP) is 2.73. The van der Waals surface area contributed by atoms with Crippen LogP contribution in [0.4, 0.5) is 5.95 Å². The molecule has 21 heavy (non-hydrogen) atoms. The average molecular weight is 350 g/mol. The van der Waals surface area contributed by atoms with E-state index in [1.54, 1.807) is 0 Å². The molecule has 3 rings (SSSR count). The van der Waals surface area contributed by atoms with E-state index in [1.807, 2.05) is 6.07 Å². The molecule has 2 atom stereocenters. The Kier molecular flexibility index (Phi) is 3.99. The van der Waals surface area contributed by atoms with Gasteiger partial charge in [0.05, 0.1) is 0 Å². The first-order chi connectivity index (χ1) is 10.0. The summed E-state index contributed by atoms with van der Waals surface area (Å²) in [5, 5.41) is 11.0. The third kappa shape index (κ3) is 3.11. The zero-order valence-corrected chi connectivity index (χ0v) is 14.1. The quantitative estimate of drug-likeness (QED) is 0.875. The number of piperazine rings is 1. The fraction of sp³-hybridized carbons (Fsp3) is 0.467. The maximum atomic E-state index is 4.68. The van der Waals surface area contributed by atoms with Crippen molar-refractivity contribution in [3.05, 3.63) is 28.2 Å². The van der Waals surface area contributed by atoms with Gasteiger partial charge in [-0.25, -0.2) is 0 Å². The highest BCUT2D eigenvalue weighted by Gasteiger charge is 2.24. The Labute approximate surface area is 133 Å². The molecule has 0 spiro atoms. The Hall–Kier alpha value is -1.40. The zero-order chi connectivity index (χ0) is 15.0. The van der Waals surface area contributed by atoms with Crippen LogP contribution in [0.3, 0.4) is 0 Å². The van der Waals surface area contributed by atoms with Crippen LogP contribution in [0, 0.1) is 6.92 Å². The van der Waals surface area contributed by atoms with Gasteiger partial charge in [-0.1, -0.05) is 27.6 Å². The van der Waals surface area contributed by atoms with Gasteiger partial charge < -0.3 is 10.2 Å². The van der Waals surface area contributed by atoms with E-state index in [9.17, 15) is 0 Å². The molecular weight excluding hydrogens is 330 g/mol. The van der Waals surface area contributed by atoms with E-state index in [1.165, 1.54) is 5.56 Å². The molecule has 0 amide bonds. The molecule has 2 aromatic rings. The summed E-state index contributed by atoms with van der Waals surface area (Å²) >= 11 is 3.58. The van der Waals surface area contributed by atoms with Crippen molar-refractivity contribution in [2.75, 3.05) is 18.0 Å². The number of hydrogen-bond donors (Lipinski definition) is 2. The standard InChI is InChI=1S/C15H20BrN5/c1-9-4-5-13(16)12(6-9)14-18-15(20-19-14)21-7-10(2)17-11(3)8-21/h4-6,10-11,17H,7-8H2,1-3H3,(H,18,19,20). The largest absolute Gasteiger partial charge is 0.336 e. The van der Waals surface area contributed by atoms with E-state index in [2.05, 4.69) is 74.2 Å². The molecule has 1 aromatic heterocycles. The molecule has 6 heteroatoms. The first-order valence-electron chi connectivity index (χ1n) is 7.23. The number of nitrogens with zero attached hydrogens (tertiary/aromatic N) is 3. The van der Waals surface area contributed by atoms with E-state index in [0.717, 1.165) is 34.9 Å². The minimum absolute atomic E-state index is 0.446. The first kappa shape index (κ1) is 14.5.